The summed E-state index contributed by atoms with van der Waals surface area (Å²) < 4.78 is 11.5. The first-order valence-electron chi connectivity index (χ1n) is 13.5. The maximum absolute atomic E-state index is 13.5. The van der Waals surface area contributed by atoms with E-state index in [4.69, 9.17) is 4.42 Å². The first-order chi connectivity index (χ1) is 20.4. The summed E-state index contributed by atoms with van der Waals surface area (Å²) in [5.74, 6) is -1.43. The van der Waals surface area contributed by atoms with Crippen molar-refractivity contribution in [2.45, 2.75) is 52.6 Å². The van der Waals surface area contributed by atoms with Crippen LogP contribution in [0.4, 0.5) is 10.5 Å². The van der Waals surface area contributed by atoms with Crippen LogP contribution < -0.4 is 16.2 Å². The summed E-state index contributed by atoms with van der Waals surface area (Å²) in [6, 6.07) is 11.5. The van der Waals surface area contributed by atoms with Gasteiger partial charge in [0.1, 0.15) is 18.1 Å². The van der Waals surface area contributed by atoms with Crippen LogP contribution in [0.5, 0.6) is 0 Å². The van der Waals surface area contributed by atoms with E-state index in [9.17, 15) is 19.2 Å². The van der Waals surface area contributed by atoms with Crippen molar-refractivity contribution in [2.24, 2.45) is 5.92 Å². The Hall–Kier alpha value is -5.20. The quantitative estimate of drug-likeness (QED) is 0.262. The van der Waals surface area contributed by atoms with Crippen LogP contribution in [0.3, 0.4) is 0 Å². The standard InChI is InChI=1S/C30H33N7O6/c1-17(2)23(24(39)26-35-36-28(43-26)30(4,5)20-13-12-18(3)31-14-20)34-22(38)16-37-25(19-10-8-7-9-11-19)32-15-21(27(37)40)33-29(41)42-6/h7-15,17,23H,16H2,1-6H3,(H,33,41)(H,34,38)/t23-/m1/s1. The number of hydrogen-bond acceptors (Lipinski definition) is 10. The van der Waals surface area contributed by atoms with Gasteiger partial charge >= 0.3 is 6.09 Å². The van der Waals surface area contributed by atoms with Crippen molar-refractivity contribution in [3.05, 3.63) is 88.3 Å². The van der Waals surface area contributed by atoms with Crippen LogP contribution >= 0.6 is 0 Å². The molecule has 4 rings (SSSR count). The third-order valence-electron chi connectivity index (χ3n) is 6.87. The van der Waals surface area contributed by atoms with Gasteiger partial charge in [0.2, 0.25) is 17.6 Å². The zero-order valence-corrected chi connectivity index (χ0v) is 24.7. The lowest BCUT2D eigenvalue weighted by atomic mass is 9.85. The Morgan fingerprint density at radius 2 is 1.74 bits per heavy atom. The van der Waals surface area contributed by atoms with Gasteiger partial charge in [-0.05, 0) is 38.3 Å². The first-order valence-corrected chi connectivity index (χ1v) is 13.5. The molecule has 43 heavy (non-hydrogen) atoms. The van der Waals surface area contributed by atoms with Gasteiger partial charge in [0.15, 0.2) is 0 Å². The van der Waals surface area contributed by atoms with E-state index in [0.717, 1.165) is 22.9 Å². The number of carbonyl (C=O) groups excluding carboxylic acids is 3. The fraction of sp³-hybridized carbons (Fsp3) is 0.333. The number of aryl methyl sites for hydroxylation is 1. The summed E-state index contributed by atoms with van der Waals surface area (Å²) >= 11 is 0. The fourth-order valence-corrected chi connectivity index (χ4v) is 4.27. The highest BCUT2D eigenvalue weighted by Gasteiger charge is 2.34. The molecule has 0 saturated carbocycles. The van der Waals surface area contributed by atoms with E-state index in [-0.39, 0.29) is 29.2 Å². The minimum Gasteiger partial charge on any atom is -0.453 e. The molecule has 0 aliphatic carbocycles. The predicted octanol–water partition coefficient (Wildman–Crippen LogP) is 3.52. The van der Waals surface area contributed by atoms with Crippen molar-refractivity contribution in [3.8, 4) is 11.4 Å². The number of benzene rings is 1. The van der Waals surface area contributed by atoms with E-state index in [2.05, 4.69) is 35.5 Å². The van der Waals surface area contributed by atoms with Crippen LogP contribution in [-0.4, -0.2) is 55.7 Å². The Labute approximate surface area is 247 Å². The van der Waals surface area contributed by atoms with Crippen LogP contribution in [0, 0.1) is 12.8 Å². The number of aromatic nitrogens is 5. The second-order valence-electron chi connectivity index (χ2n) is 10.7. The predicted molar refractivity (Wildman–Crippen MR) is 156 cm³/mol. The highest BCUT2D eigenvalue weighted by molar-refractivity contribution is 5.98. The number of rotatable bonds is 10. The number of pyridine rings is 1. The Morgan fingerprint density at radius 1 is 1.02 bits per heavy atom. The molecular weight excluding hydrogens is 554 g/mol. The van der Waals surface area contributed by atoms with E-state index in [1.165, 1.54) is 6.20 Å². The molecule has 0 radical (unpaired) electrons. The van der Waals surface area contributed by atoms with Gasteiger partial charge in [-0.15, -0.1) is 10.2 Å². The number of nitrogens with zero attached hydrogens (tertiary/aromatic N) is 5. The third-order valence-corrected chi connectivity index (χ3v) is 6.87. The lowest BCUT2D eigenvalue weighted by Crippen LogP contribution is -2.46. The summed E-state index contributed by atoms with van der Waals surface area (Å²) in [5, 5.41) is 13.1. The second-order valence-corrected chi connectivity index (χ2v) is 10.7. The highest BCUT2D eigenvalue weighted by Crippen LogP contribution is 2.30. The number of amides is 2. The largest absolute Gasteiger partial charge is 0.453 e. The smallest absolute Gasteiger partial charge is 0.411 e. The summed E-state index contributed by atoms with van der Waals surface area (Å²) in [4.78, 5) is 60.5. The lowest BCUT2D eigenvalue weighted by molar-refractivity contribution is -0.122. The fourth-order valence-electron chi connectivity index (χ4n) is 4.27. The van der Waals surface area contributed by atoms with Crippen molar-refractivity contribution < 1.29 is 23.5 Å². The van der Waals surface area contributed by atoms with Gasteiger partial charge in [0.05, 0.1) is 24.8 Å². The molecule has 0 saturated heterocycles. The number of anilines is 1. The highest BCUT2D eigenvalue weighted by atomic mass is 16.5. The molecule has 0 aliphatic heterocycles. The number of hydrogen-bond donors (Lipinski definition) is 2. The van der Waals surface area contributed by atoms with E-state index in [1.807, 2.05) is 32.9 Å². The molecule has 4 aromatic rings. The van der Waals surface area contributed by atoms with Crippen molar-refractivity contribution >= 4 is 23.5 Å². The van der Waals surface area contributed by atoms with Gasteiger partial charge in [0.25, 0.3) is 11.4 Å². The Morgan fingerprint density at radius 3 is 2.37 bits per heavy atom. The third kappa shape index (κ3) is 6.83. The molecule has 0 bridgehead atoms. The van der Waals surface area contributed by atoms with E-state index < -0.39 is 41.3 Å². The van der Waals surface area contributed by atoms with Gasteiger partial charge in [-0.3, -0.25) is 29.3 Å². The van der Waals surface area contributed by atoms with Gasteiger partial charge in [0, 0.05) is 17.5 Å². The number of ether oxygens (including phenoxy) is 1. The van der Waals surface area contributed by atoms with Crippen LogP contribution in [0.25, 0.3) is 11.4 Å². The minimum absolute atomic E-state index is 0.180. The number of carbonyl (C=O) groups is 3. The van der Waals surface area contributed by atoms with E-state index in [0.29, 0.717) is 5.56 Å². The molecule has 3 aromatic heterocycles. The van der Waals surface area contributed by atoms with Crippen LogP contribution in [0.15, 0.2) is 64.1 Å². The zero-order valence-electron chi connectivity index (χ0n) is 24.7. The molecule has 224 valence electrons. The van der Waals surface area contributed by atoms with Crippen molar-refractivity contribution in [1.82, 2.24) is 30.0 Å². The van der Waals surface area contributed by atoms with Crippen LogP contribution in [0.2, 0.25) is 0 Å². The lowest BCUT2D eigenvalue weighted by Gasteiger charge is -2.21. The summed E-state index contributed by atoms with van der Waals surface area (Å²) in [5.41, 5.74) is 0.659. The molecule has 0 unspecified atom stereocenters. The average Bonchev–Trinajstić information content (AvgIpc) is 3.50. The molecule has 2 amide bonds. The summed E-state index contributed by atoms with van der Waals surface area (Å²) in [7, 11) is 1.16. The normalized spacial score (nSPS) is 12.1. The molecule has 13 heteroatoms. The minimum atomic E-state index is -1.04. The van der Waals surface area contributed by atoms with Crippen molar-refractivity contribution in [2.75, 3.05) is 12.4 Å². The van der Waals surface area contributed by atoms with Crippen molar-refractivity contribution in [3.63, 3.8) is 0 Å². The summed E-state index contributed by atoms with van der Waals surface area (Å²) in [6.07, 6.45) is 2.04. The monoisotopic (exact) mass is 587 g/mol. The van der Waals surface area contributed by atoms with Gasteiger partial charge in [-0.2, -0.15) is 0 Å². The number of nitrogens with one attached hydrogen (secondary N) is 2. The molecular formula is C30H33N7O6. The Balaban J connectivity index is 1.59. The molecule has 13 nitrogen and oxygen atoms in total. The Kier molecular flexibility index (Phi) is 9.12. The van der Waals surface area contributed by atoms with Crippen LogP contribution in [-0.2, 0) is 21.5 Å². The maximum atomic E-state index is 13.5. The number of ketones is 1. The van der Waals surface area contributed by atoms with Gasteiger partial charge < -0.3 is 14.5 Å². The SMILES string of the molecule is COC(=O)Nc1cnc(-c2ccccc2)n(CC(=O)N[C@@H](C(=O)c2nnc(C(C)(C)c3ccc(C)nc3)o2)C(C)C)c1=O. The van der Waals surface area contributed by atoms with Gasteiger partial charge in [-0.1, -0.05) is 50.2 Å². The summed E-state index contributed by atoms with van der Waals surface area (Å²) in [6.45, 7) is 8.65. The molecule has 2 N–H and O–H groups in total. The average molecular weight is 588 g/mol. The second kappa shape index (κ2) is 12.8. The molecule has 1 aromatic carbocycles. The molecule has 0 spiro atoms. The van der Waals surface area contributed by atoms with E-state index in [1.54, 1.807) is 50.4 Å². The molecule has 3 heterocycles. The maximum Gasteiger partial charge on any atom is 0.411 e. The molecule has 0 fully saturated rings. The van der Waals surface area contributed by atoms with Gasteiger partial charge in [-0.25, -0.2) is 9.78 Å². The topological polar surface area (TPSA) is 171 Å². The number of Topliss-reactive ketones (excluding diaryl/α,β-unsaturated/α-hetero) is 1. The van der Waals surface area contributed by atoms with Crippen LogP contribution in [0.1, 0.15) is 55.5 Å². The number of methoxy groups -OCH3 is 1. The van der Waals surface area contributed by atoms with E-state index >= 15 is 0 Å². The zero-order chi connectivity index (χ0) is 31.3. The molecule has 1 atom stereocenters. The first kappa shape index (κ1) is 30.8. The molecule has 0 aliphatic rings. The Bertz CT molecular complexity index is 1680. The van der Waals surface area contributed by atoms with Crippen molar-refractivity contribution in [1.29, 1.82) is 0 Å².